The molecule has 0 bridgehead atoms. The van der Waals surface area contributed by atoms with Crippen LogP contribution in [0.3, 0.4) is 0 Å². The van der Waals surface area contributed by atoms with Crippen molar-refractivity contribution in [2.75, 3.05) is 0 Å². The van der Waals surface area contributed by atoms with E-state index in [9.17, 15) is 4.79 Å². The largest absolute Gasteiger partial charge is 0.334 e. The maximum atomic E-state index is 12.3. The van der Waals surface area contributed by atoms with E-state index in [1.54, 1.807) is 0 Å². The Kier molecular flexibility index (Phi) is 5.93. The molecule has 2 N–H and O–H groups in total. The molecule has 0 spiro atoms. The fourth-order valence-corrected chi connectivity index (χ4v) is 2.85. The van der Waals surface area contributed by atoms with Crippen molar-refractivity contribution in [2.45, 2.75) is 71.6 Å². The molecule has 0 heterocycles. The monoisotopic (exact) mass is 368 g/mol. The molecule has 0 saturated heterocycles. The molecule has 27 heavy (non-hydrogen) atoms. The fourth-order valence-electron chi connectivity index (χ4n) is 2.85. The molecule has 2 amide bonds. The summed E-state index contributed by atoms with van der Waals surface area (Å²) < 4.78 is 0. The number of fused-ring (bicyclic) bond motifs is 1. The Morgan fingerprint density at radius 1 is 0.889 bits per heavy atom. The minimum atomic E-state index is -0.767. The topological polar surface area (TPSA) is 65.8 Å². The predicted molar refractivity (Wildman–Crippen MR) is 112 cm³/mol. The maximum absolute atomic E-state index is 12.3. The van der Waals surface area contributed by atoms with Crippen LogP contribution >= 0.6 is 0 Å². The number of carbonyl (C=O) groups is 1. The predicted octanol–water partition coefficient (Wildman–Crippen LogP) is 5.75. The Morgan fingerprint density at radius 3 is 2.15 bits per heavy atom. The van der Waals surface area contributed by atoms with Gasteiger partial charge in [-0.2, -0.15) is 10.2 Å². The van der Waals surface area contributed by atoms with Crippen LogP contribution in [0.4, 0.5) is 4.79 Å². The number of hydrogen-bond donors (Lipinski definition) is 2. The van der Waals surface area contributed by atoms with Gasteiger partial charge in [0.15, 0.2) is 5.66 Å². The number of amides is 2. The average molecular weight is 369 g/mol. The van der Waals surface area contributed by atoms with Crippen LogP contribution < -0.4 is 10.6 Å². The van der Waals surface area contributed by atoms with E-state index >= 15 is 0 Å². The van der Waals surface area contributed by atoms with Crippen molar-refractivity contribution < 1.29 is 4.79 Å². The molecule has 2 aromatic rings. The molecular weight excluding hydrogens is 336 g/mol. The van der Waals surface area contributed by atoms with Gasteiger partial charge in [0.05, 0.1) is 0 Å². The van der Waals surface area contributed by atoms with E-state index in [1.165, 1.54) is 10.8 Å². The minimum absolute atomic E-state index is 0.242. The first-order chi connectivity index (χ1) is 12.5. The van der Waals surface area contributed by atoms with E-state index in [0.29, 0.717) is 6.42 Å². The van der Waals surface area contributed by atoms with E-state index < -0.39 is 11.2 Å². The van der Waals surface area contributed by atoms with E-state index in [4.69, 9.17) is 0 Å². The van der Waals surface area contributed by atoms with E-state index in [-0.39, 0.29) is 11.6 Å². The third kappa shape index (κ3) is 5.52. The molecule has 0 aliphatic carbocycles. The van der Waals surface area contributed by atoms with Crippen LogP contribution in [0.2, 0.25) is 0 Å². The summed E-state index contributed by atoms with van der Waals surface area (Å²) in [5.41, 5.74) is -0.476. The first kappa shape index (κ1) is 20.9. The Balaban J connectivity index is 2.28. The van der Waals surface area contributed by atoms with Crippen molar-refractivity contribution in [3.63, 3.8) is 0 Å². The Hall–Kier alpha value is -2.43. The summed E-state index contributed by atoms with van der Waals surface area (Å²) in [6.45, 7) is 13.8. The van der Waals surface area contributed by atoms with E-state index in [0.717, 1.165) is 5.56 Å². The van der Waals surface area contributed by atoms with Gasteiger partial charge >= 0.3 is 6.03 Å². The summed E-state index contributed by atoms with van der Waals surface area (Å²) in [5.74, 6) is 0. The Morgan fingerprint density at radius 2 is 1.52 bits per heavy atom. The van der Waals surface area contributed by atoms with Crippen molar-refractivity contribution in [1.82, 2.24) is 10.6 Å². The SMILES string of the molecule is CCC(C)(N=NC(C)(C)c1cccc2ccccc12)NC(=O)NC(C)(C)C. The highest BCUT2D eigenvalue weighted by Gasteiger charge is 2.28. The molecule has 2 aromatic carbocycles. The summed E-state index contributed by atoms with van der Waals surface area (Å²) in [7, 11) is 0. The molecule has 1 unspecified atom stereocenters. The average Bonchev–Trinajstić information content (AvgIpc) is 2.58. The molecule has 0 fully saturated rings. The third-order valence-corrected chi connectivity index (χ3v) is 4.53. The van der Waals surface area contributed by atoms with E-state index in [2.05, 4.69) is 45.1 Å². The zero-order chi connectivity index (χ0) is 20.3. The lowest BCUT2D eigenvalue weighted by Crippen LogP contribution is -2.53. The molecular formula is C22H32N4O. The quantitative estimate of drug-likeness (QED) is 0.648. The van der Waals surface area contributed by atoms with Crippen molar-refractivity contribution in [2.24, 2.45) is 10.2 Å². The van der Waals surface area contributed by atoms with Crippen LogP contribution in [-0.4, -0.2) is 17.2 Å². The van der Waals surface area contributed by atoms with Gasteiger partial charge in [-0.15, -0.1) is 0 Å². The third-order valence-electron chi connectivity index (χ3n) is 4.53. The van der Waals surface area contributed by atoms with Crippen molar-refractivity contribution in [1.29, 1.82) is 0 Å². The van der Waals surface area contributed by atoms with Gasteiger partial charge in [0, 0.05) is 5.54 Å². The van der Waals surface area contributed by atoms with Crippen LogP contribution in [0, 0.1) is 0 Å². The Labute approximate surface area is 162 Å². The number of rotatable bonds is 5. The van der Waals surface area contributed by atoms with Gasteiger partial charge in [0.1, 0.15) is 5.54 Å². The number of hydrogen-bond acceptors (Lipinski definition) is 3. The maximum Gasteiger partial charge on any atom is 0.317 e. The summed E-state index contributed by atoms with van der Waals surface area (Å²) in [6, 6.07) is 14.3. The first-order valence-corrected chi connectivity index (χ1v) is 9.48. The van der Waals surface area contributed by atoms with Gasteiger partial charge in [0.2, 0.25) is 0 Å². The van der Waals surface area contributed by atoms with Crippen LogP contribution in [-0.2, 0) is 5.54 Å². The number of nitrogens with zero attached hydrogens (tertiary/aromatic N) is 2. The van der Waals surface area contributed by atoms with Crippen molar-refractivity contribution in [3.05, 3.63) is 48.0 Å². The van der Waals surface area contributed by atoms with Gasteiger partial charge in [0.25, 0.3) is 0 Å². The lowest BCUT2D eigenvalue weighted by molar-refractivity contribution is 0.215. The van der Waals surface area contributed by atoms with Crippen LogP contribution in [0.5, 0.6) is 0 Å². The molecule has 1 atom stereocenters. The van der Waals surface area contributed by atoms with Crippen LogP contribution in [0.1, 0.15) is 60.5 Å². The number of carbonyl (C=O) groups excluding carboxylic acids is 1. The first-order valence-electron chi connectivity index (χ1n) is 9.48. The number of azo groups is 1. The van der Waals surface area contributed by atoms with Crippen LogP contribution in [0.25, 0.3) is 10.8 Å². The molecule has 5 nitrogen and oxygen atoms in total. The van der Waals surface area contributed by atoms with Gasteiger partial charge in [-0.1, -0.05) is 49.4 Å². The molecule has 0 aliphatic rings. The van der Waals surface area contributed by atoms with Gasteiger partial charge in [-0.25, -0.2) is 4.79 Å². The zero-order valence-corrected chi connectivity index (χ0v) is 17.6. The number of benzene rings is 2. The van der Waals surface area contributed by atoms with Gasteiger partial charge in [-0.3, -0.25) is 0 Å². The minimum Gasteiger partial charge on any atom is -0.334 e. The van der Waals surface area contributed by atoms with Gasteiger partial charge in [-0.05, 0) is 64.3 Å². The fraction of sp³-hybridized carbons (Fsp3) is 0.500. The zero-order valence-electron chi connectivity index (χ0n) is 17.6. The highest BCUT2D eigenvalue weighted by Crippen LogP contribution is 2.32. The second kappa shape index (κ2) is 7.67. The molecule has 5 heteroatoms. The standard InChI is InChI=1S/C22H32N4O/c1-8-22(7,24-19(27)23-20(2,3)4)26-25-21(5,6)18-15-11-13-16-12-9-10-14-17(16)18/h9-15H,8H2,1-7H3,(H2,23,24,27). The van der Waals surface area contributed by atoms with E-state index in [1.807, 2.05) is 66.7 Å². The second-order valence-electron chi connectivity index (χ2n) is 8.74. The van der Waals surface area contributed by atoms with Crippen molar-refractivity contribution >= 4 is 16.8 Å². The lowest BCUT2D eigenvalue weighted by Gasteiger charge is -2.29. The molecule has 2 rings (SSSR count). The molecule has 0 radical (unpaired) electrons. The molecule has 0 saturated carbocycles. The highest BCUT2D eigenvalue weighted by atomic mass is 16.2. The Bertz CT molecular complexity index is 830. The molecule has 146 valence electrons. The molecule has 0 aromatic heterocycles. The highest BCUT2D eigenvalue weighted by molar-refractivity contribution is 5.86. The molecule has 0 aliphatic heterocycles. The summed E-state index contributed by atoms with van der Waals surface area (Å²) in [6.07, 6.45) is 0.639. The number of urea groups is 1. The second-order valence-corrected chi connectivity index (χ2v) is 8.74. The summed E-state index contributed by atoms with van der Waals surface area (Å²) in [5, 5.41) is 17.4. The summed E-state index contributed by atoms with van der Waals surface area (Å²) >= 11 is 0. The number of nitrogens with one attached hydrogen (secondary N) is 2. The van der Waals surface area contributed by atoms with Crippen molar-refractivity contribution in [3.8, 4) is 0 Å². The van der Waals surface area contributed by atoms with Gasteiger partial charge < -0.3 is 10.6 Å². The van der Waals surface area contributed by atoms with Crippen LogP contribution in [0.15, 0.2) is 52.7 Å². The summed E-state index contributed by atoms with van der Waals surface area (Å²) in [4.78, 5) is 12.3. The normalized spacial score (nSPS) is 14.9. The lowest BCUT2D eigenvalue weighted by atomic mass is 9.90. The smallest absolute Gasteiger partial charge is 0.317 e.